The summed E-state index contributed by atoms with van der Waals surface area (Å²) in [6, 6.07) is 10.4. The molecule has 1 saturated heterocycles. The van der Waals surface area contributed by atoms with Gasteiger partial charge in [0.25, 0.3) is 0 Å². The molecule has 1 aliphatic heterocycles. The van der Waals surface area contributed by atoms with E-state index in [2.05, 4.69) is 34.3 Å². The standard InChI is InChI=1S/C21H29N3OS/c1-3-18(15-24-12-8-5-9-13-24)23-20(25)14-19-21(22-16(2)26-19)17-10-6-4-7-11-17/h4,6-7,10-11,18H,3,5,8-9,12-15H2,1-2H3,(H,23,25). The van der Waals surface area contributed by atoms with E-state index in [1.165, 1.54) is 32.4 Å². The van der Waals surface area contributed by atoms with Crippen LogP contribution in [0.1, 0.15) is 42.5 Å². The molecule has 1 fully saturated rings. The van der Waals surface area contributed by atoms with Crippen LogP contribution in [0.2, 0.25) is 0 Å². The molecule has 1 aromatic carbocycles. The second-order valence-electron chi connectivity index (χ2n) is 7.08. The maximum absolute atomic E-state index is 12.7. The molecule has 5 heteroatoms. The van der Waals surface area contributed by atoms with Gasteiger partial charge in [-0.3, -0.25) is 4.79 Å². The Morgan fingerprint density at radius 3 is 2.65 bits per heavy atom. The van der Waals surface area contributed by atoms with Gasteiger partial charge >= 0.3 is 0 Å². The number of nitrogens with zero attached hydrogens (tertiary/aromatic N) is 2. The van der Waals surface area contributed by atoms with E-state index in [1.54, 1.807) is 11.3 Å². The van der Waals surface area contributed by atoms with Gasteiger partial charge in [-0.25, -0.2) is 4.98 Å². The molecule has 0 aliphatic carbocycles. The molecule has 0 saturated carbocycles. The number of hydrogen-bond donors (Lipinski definition) is 1. The fraction of sp³-hybridized carbons (Fsp3) is 0.524. The summed E-state index contributed by atoms with van der Waals surface area (Å²) in [6.45, 7) is 7.46. The highest BCUT2D eigenvalue weighted by Gasteiger charge is 2.19. The number of carbonyl (C=O) groups is 1. The molecule has 0 bridgehead atoms. The van der Waals surface area contributed by atoms with Gasteiger partial charge in [-0.05, 0) is 39.3 Å². The molecule has 0 spiro atoms. The van der Waals surface area contributed by atoms with Crippen molar-refractivity contribution in [2.45, 2.75) is 52.0 Å². The third kappa shape index (κ3) is 5.15. The van der Waals surface area contributed by atoms with Gasteiger partial charge in [-0.15, -0.1) is 11.3 Å². The minimum Gasteiger partial charge on any atom is -0.352 e. The summed E-state index contributed by atoms with van der Waals surface area (Å²) in [4.78, 5) is 20.9. The Morgan fingerprint density at radius 2 is 1.96 bits per heavy atom. The molecule has 1 N–H and O–H groups in total. The monoisotopic (exact) mass is 371 g/mol. The van der Waals surface area contributed by atoms with Gasteiger partial charge in [0.1, 0.15) is 0 Å². The number of thiazole rings is 1. The van der Waals surface area contributed by atoms with Crippen LogP contribution in [-0.2, 0) is 11.2 Å². The number of amides is 1. The summed E-state index contributed by atoms with van der Waals surface area (Å²) in [6.07, 6.45) is 5.28. The van der Waals surface area contributed by atoms with Gasteiger partial charge < -0.3 is 10.2 Å². The van der Waals surface area contributed by atoms with Crippen LogP contribution in [0.4, 0.5) is 0 Å². The fourth-order valence-corrected chi connectivity index (χ4v) is 4.52. The average Bonchev–Trinajstić information content (AvgIpc) is 3.02. The van der Waals surface area contributed by atoms with Crippen molar-refractivity contribution in [2.75, 3.05) is 19.6 Å². The van der Waals surface area contributed by atoms with Crippen LogP contribution in [0, 0.1) is 6.92 Å². The van der Waals surface area contributed by atoms with Crippen LogP contribution in [0.15, 0.2) is 30.3 Å². The topological polar surface area (TPSA) is 45.2 Å². The number of hydrogen-bond acceptors (Lipinski definition) is 4. The van der Waals surface area contributed by atoms with Gasteiger partial charge in [0.05, 0.1) is 17.1 Å². The molecule has 2 heterocycles. The molecule has 3 rings (SSSR count). The quantitative estimate of drug-likeness (QED) is 0.799. The highest BCUT2D eigenvalue weighted by atomic mass is 32.1. The molecule has 1 aliphatic rings. The number of aryl methyl sites for hydroxylation is 1. The smallest absolute Gasteiger partial charge is 0.225 e. The van der Waals surface area contributed by atoms with E-state index in [0.29, 0.717) is 6.42 Å². The number of likely N-dealkylation sites (tertiary alicyclic amines) is 1. The number of piperidine rings is 1. The van der Waals surface area contributed by atoms with E-state index in [4.69, 9.17) is 0 Å². The number of aromatic nitrogens is 1. The predicted octanol–water partition coefficient (Wildman–Crippen LogP) is 4.04. The molecule has 2 aromatic rings. The van der Waals surface area contributed by atoms with Gasteiger partial charge in [-0.2, -0.15) is 0 Å². The van der Waals surface area contributed by atoms with Gasteiger partial charge in [0, 0.05) is 23.0 Å². The van der Waals surface area contributed by atoms with Gasteiger partial charge in [0.15, 0.2) is 0 Å². The summed E-state index contributed by atoms with van der Waals surface area (Å²) in [7, 11) is 0. The van der Waals surface area contributed by atoms with Crippen molar-refractivity contribution in [1.29, 1.82) is 0 Å². The van der Waals surface area contributed by atoms with E-state index >= 15 is 0 Å². The van der Waals surface area contributed by atoms with Crippen LogP contribution < -0.4 is 5.32 Å². The highest BCUT2D eigenvalue weighted by Crippen LogP contribution is 2.28. The maximum atomic E-state index is 12.7. The largest absolute Gasteiger partial charge is 0.352 e. The summed E-state index contributed by atoms with van der Waals surface area (Å²) < 4.78 is 0. The number of nitrogens with one attached hydrogen (secondary N) is 1. The summed E-state index contributed by atoms with van der Waals surface area (Å²) in [5, 5.41) is 4.26. The minimum absolute atomic E-state index is 0.106. The van der Waals surface area contributed by atoms with Crippen LogP contribution in [0.25, 0.3) is 11.3 Å². The number of carbonyl (C=O) groups excluding carboxylic acids is 1. The van der Waals surface area contributed by atoms with E-state index in [9.17, 15) is 4.79 Å². The second kappa shape index (κ2) is 9.28. The molecule has 1 unspecified atom stereocenters. The molecule has 1 aromatic heterocycles. The molecule has 26 heavy (non-hydrogen) atoms. The third-order valence-electron chi connectivity index (χ3n) is 4.96. The van der Waals surface area contributed by atoms with E-state index in [1.807, 2.05) is 25.1 Å². The third-order valence-corrected chi connectivity index (χ3v) is 5.93. The molecule has 0 radical (unpaired) electrons. The molecule has 1 atom stereocenters. The van der Waals surface area contributed by atoms with Crippen LogP contribution in [0.5, 0.6) is 0 Å². The van der Waals surface area contributed by atoms with Gasteiger partial charge in [-0.1, -0.05) is 43.7 Å². The van der Waals surface area contributed by atoms with Crippen LogP contribution in [0.3, 0.4) is 0 Å². The Balaban J connectivity index is 1.62. The van der Waals surface area contributed by atoms with Crippen molar-refractivity contribution in [3.05, 3.63) is 40.2 Å². The summed E-state index contributed by atoms with van der Waals surface area (Å²) >= 11 is 1.63. The SMILES string of the molecule is CCC(CN1CCCCC1)NC(=O)Cc1sc(C)nc1-c1ccccc1. The predicted molar refractivity (Wildman–Crippen MR) is 109 cm³/mol. The van der Waals surface area contributed by atoms with Crippen molar-refractivity contribution < 1.29 is 4.79 Å². The number of benzene rings is 1. The first-order valence-corrected chi connectivity index (χ1v) is 10.5. The zero-order valence-electron chi connectivity index (χ0n) is 15.8. The van der Waals surface area contributed by atoms with Crippen LogP contribution >= 0.6 is 11.3 Å². The lowest BCUT2D eigenvalue weighted by molar-refractivity contribution is -0.121. The zero-order chi connectivity index (χ0) is 18.4. The molecular formula is C21H29N3OS. The number of rotatable bonds is 7. The Morgan fingerprint density at radius 1 is 1.23 bits per heavy atom. The van der Waals surface area contributed by atoms with Crippen LogP contribution in [-0.4, -0.2) is 41.5 Å². The van der Waals surface area contributed by atoms with Gasteiger partial charge in [0.2, 0.25) is 5.91 Å². The summed E-state index contributed by atoms with van der Waals surface area (Å²) in [5.74, 6) is 0.106. The molecule has 1 amide bonds. The Kier molecular flexibility index (Phi) is 6.80. The normalized spacial score (nSPS) is 16.4. The first-order chi connectivity index (χ1) is 12.7. The Labute approximate surface area is 160 Å². The second-order valence-corrected chi connectivity index (χ2v) is 8.37. The lowest BCUT2D eigenvalue weighted by Gasteiger charge is -2.30. The first-order valence-electron chi connectivity index (χ1n) is 9.69. The molecular weight excluding hydrogens is 342 g/mol. The highest BCUT2D eigenvalue weighted by molar-refractivity contribution is 7.12. The molecule has 4 nitrogen and oxygen atoms in total. The minimum atomic E-state index is 0.106. The van der Waals surface area contributed by atoms with Crippen molar-refractivity contribution in [2.24, 2.45) is 0 Å². The lowest BCUT2D eigenvalue weighted by Crippen LogP contribution is -2.45. The fourth-order valence-electron chi connectivity index (χ4n) is 3.57. The first kappa shape index (κ1) is 19.1. The van der Waals surface area contributed by atoms with Crippen molar-refractivity contribution >= 4 is 17.2 Å². The lowest BCUT2D eigenvalue weighted by atomic mass is 10.1. The van der Waals surface area contributed by atoms with E-state index < -0.39 is 0 Å². The zero-order valence-corrected chi connectivity index (χ0v) is 16.6. The Bertz CT molecular complexity index is 707. The average molecular weight is 372 g/mol. The maximum Gasteiger partial charge on any atom is 0.225 e. The van der Waals surface area contributed by atoms with Crippen molar-refractivity contribution in [3.8, 4) is 11.3 Å². The van der Waals surface area contributed by atoms with Crippen molar-refractivity contribution in [3.63, 3.8) is 0 Å². The van der Waals surface area contributed by atoms with E-state index in [0.717, 1.165) is 34.1 Å². The van der Waals surface area contributed by atoms with Crippen molar-refractivity contribution in [1.82, 2.24) is 15.2 Å². The Hall–Kier alpha value is -1.72. The van der Waals surface area contributed by atoms with E-state index in [-0.39, 0.29) is 11.9 Å². The molecule has 140 valence electrons. The summed E-state index contributed by atoms with van der Waals surface area (Å²) in [5.41, 5.74) is 2.03.